The predicted octanol–water partition coefficient (Wildman–Crippen LogP) is -0.538. The lowest BCUT2D eigenvalue weighted by molar-refractivity contribution is -0.147. The molecular formula is C10H18FN3O. The largest absolute Gasteiger partial charge is 0.339 e. The van der Waals surface area contributed by atoms with Gasteiger partial charge in [-0.3, -0.25) is 4.79 Å². The minimum absolute atomic E-state index is 0.179. The summed E-state index contributed by atoms with van der Waals surface area (Å²) < 4.78 is 13.8. The minimum atomic E-state index is -1.62. The third kappa shape index (κ3) is 2.13. The van der Waals surface area contributed by atoms with E-state index in [9.17, 15) is 9.18 Å². The molecule has 0 aromatic rings. The first-order chi connectivity index (χ1) is 7.12. The highest BCUT2D eigenvalue weighted by Gasteiger charge is 2.47. The average Bonchev–Trinajstić information content (AvgIpc) is 2.38. The van der Waals surface area contributed by atoms with Crippen LogP contribution in [0, 0.1) is 0 Å². The van der Waals surface area contributed by atoms with Crippen LogP contribution in [-0.2, 0) is 4.79 Å². The summed E-state index contributed by atoms with van der Waals surface area (Å²) >= 11 is 0. The summed E-state index contributed by atoms with van der Waals surface area (Å²) in [5.41, 5.74) is -1.62. The normalized spacial score (nSPS) is 26.9. The lowest BCUT2D eigenvalue weighted by atomic mass is 9.97. The maximum atomic E-state index is 13.8. The summed E-state index contributed by atoms with van der Waals surface area (Å²) in [6, 6.07) is 0. The van der Waals surface area contributed by atoms with Gasteiger partial charge in [-0.1, -0.05) is 0 Å². The Bertz CT molecular complexity index is 255. The Kier molecular flexibility index (Phi) is 2.93. The number of likely N-dealkylation sites (N-methyl/N-ethyl adjacent to an activating group) is 1. The highest BCUT2D eigenvalue weighted by molar-refractivity contribution is 5.87. The summed E-state index contributed by atoms with van der Waals surface area (Å²) in [5, 5.41) is 2.81. The number of rotatable bonds is 1. The van der Waals surface area contributed by atoms with Crippen LogP contribution in [0.15, 0.2) is 0 Å². The molecule has 0 spiro atoms. The van der Waals surface area contributed by atoms with Crippen molar-refractivity contribution in [3.63, 3.8) is 0 Å². The van der Waals surface area contributed by atoms with E-state index in [1.807, 2.05) is 7.05 Å². The van der Waals surface area contributed by atoms with Crippen molar-refractivity contribution in [1.29, 1.82) is 0 Å². The van der Waals surface area contributed by atoms with E-state index in [0.29, 0.717) is 13.1 Å². The smallest absolute Gasteiger partial charge is 0.262 e. The summed E-state index contributed by atoms with van der Waals surface area (Å²) in [5.74, 6) is -0.323. The second-order valence-corrected chi connectivity index (χ2v) is 4.52. The monoisotopic (exact) mass is 215 g/mol. The first-order valence-electron chi connectivity index (χ1n) is 5.49. The van der Waals surface area contributed by atoms with Gasteiger partial charge in [-0.25, -0.2) is 4.39 Å². The van der Waals surface area contributed by atoms with Crippen LogP contribution >= 0.6 is 0 Å². The zero-order valence-electron chi connectivity index (χ0n) is 9.13. The Morgan fingerprint density at radius 1 is 1.27 bits per heavy atom. The van der Waals surface area contributed by atoms with Crippen molar-refractivity contribution in [1.82, 2.24) is 15.1 Å². The van der Waals surface area contributed by atoms with Gasteiger partial charge in [0.1, 0.15) is 0 Å². The van der Waals surface area contributed by atoms with Crippen LogP contribution in [0.2, 0.25) is 0 Å². The first kappa shape index (κ1) is 10.8. The molecule has 0 aromatic carbocycles. The third-order valence-corrected chi connectivity index (χ3v) is 3.20. The van der Waals surface area contributed by atoms with Gasteiger partial charge in [0.25, 0.3) is 5.91 Å². The van der Waals surface area contributed by atoms with E-state index in [1.165, 1.54) is 0 Å². The van der Waals surface area contributed by atoms with Crippen LogP contribution in [-0.4, -0.2) is 67.7 Å². The van der Waals surface area contributed by atoms with Crippen LogP contribution < -0.4 is 5.32 Å². The molecule has 4 nitrogen and oxygen atoms in total. The number of nitrogens with one attached hydrogen (secondary N) is 1. The molecule has 2 rings (SSSR count). The SMILES string of the molecule is CN1CCCN(C(=O)C2(F)CNC2)CC1. The average molecular weight is 215 g/mol. The molecule has 0 atom stereocenters. The predicted molar refractivity (Wildman–Crippen MR) is 55.4 cm³/mol. The molecule has 0 saturated carbocycles. The number of hydrogen-bond acceptors (Lipinski definition) is 3. The van der Waals surface area contributed by atoms with Crippen LogP contribution in [0.5, 0.6) is 0 Å². The quantitative estimate of drug-likeness (QED) is 0.638. The van der Waals surface area contributed by atoms with Crippen molar-refractivity contribution < 1.29 is 9.18 Å². The Morgan fingerprint density at radius 2 is 2.00 bits per heavy atom. The van der Waals surface area contributed by atoms with Gasteiger partial charge in [-0.2, -0.15) is 0 Å². The second kappa shape index (κ2) is 4.06. The van der Waals surface area contributed by atoms with Crippen molar-refractivity contribution in [2.45, 2.75) is 12.1 Å². The molecule has 0 aromatic heterocycles. The molecular weight excluding hydrogens is 197 g/mol. The Hall–Kier alpha value is -0.680. The molecule has 0 bridgehead atoms. The van der Waals surface area contributed by atoms with Gasteiger partial charge in [0.05, 0.1) is 0 Å². The summed E-state index contributed by atoms with van der Waals surface area (Å²) in [6.07, 6.45) is 0.936. The van der Waals surface area contributed by atoms with E-state index >= 15 is 0 Å². The number of hydrogen-bond donors (Lipinski definition) is 1. The molecule has 1 N–H and O–H groups in total. The fourth-order valence-electron chi connectivity index (χ4n) is 2.03. The van der Waals surface area contributed by atoms with Gasteiger partial charge in [0.15, 0.2) is 0 Å². The number of carbonyl (C=O) groups excluding carboxylic acids is 1. The molecule has 0 radical (unpaired) electrons. The molecule has 2 saturated heterocycles. The van der Waals surface area contributed by atoms with Crippen molar-refractivity contribution in [3.05, 3.63) is 0 Å². The lowest BCUT2D eigenvalue weighted by Crippen LogP contribution is -2.65. The maximum Gasteiger partial charge on any atom is 0.262 e. The van der Waals surface area contributed by atoms with Gasteiger partial charge in [0, 0.05) is 32.7 Å². The molecule has 2 aliphatic rings. The van der Waals surface area contributed by atoms with Gasteiger partial charge < -0.3 is 15.1 Å². The fourth-order valence-corrected chi connectivity index (χ4v) is 2.03. The van der Waals surface area contributed by atoms with Crippen molar-refractivity contribution in [2.75, 3.05) is 46.3 Å². The van der Waals surface area contributed by atoms with Crippen molar-refractivity contribution in [2.24, 2.45) is 0 Å². The Morgan fingerprint density at radius 3 is 2.60 bits per heavy atom. The van der Waals surface area contributed by atoms with Gasteiger partial charge in [0.2, 0.25) is 5.67 Å². The van der Waals surface area contributed by atoms with Gasteiger partial charge in [-0.15, -0.1) is 0 Å². The zero-order chi connectivity index (χ0) is 10.9. The van der Waals surface area contributed by atoms with E-state index in [4.69, 9.17) is 0 Å². The Balaban J connectivity index is 1.94. The fraction of sp³-hybridized carbons (Fsp3) is 0.900. The molecule has 86 valence electrons. The standard InChI is InChI=1S/C10H18FN3O/c1-13-3-2-4-14(6-5-13)9(15)10(11)7-12-8-10/h12H,2-8H2,1H3. The van der Waals surface area contributed by atoms with Crippen molar-refractivity contribution >= 4 is 5.91 Å². The van der Waals surface area contributed by atoms with Gasteiger partial charge >= 0.3 is 0 Å². The number of carbonyl (C=O) groups is 1. The first-order valence-corrected chi connectivity index (χ1v) is 5.49. The number of alkyl halides is 1. The molecule has 15 heavy (non-hydrogen) atoms. The van der Waals surface area contributed by atoms with E-state index in [0.717, 1.165) is 19.5 Å². The molecule has 2 heterocycles. The molecule has 1 amide bonds. The summed E-state index contributed by atoms with van der Waals surface area (Å²) in [7, 11) is 2.03. The summed E-state index contributed by atoms with van der Waals surface area (Å²) in [4.78, 5) is 15.7. The van der Waals surface area contributed by atoms with Crippen LogP contribution in [0.3, 0.4) is 0 Å². The van der Waals surface area contributed by atoms with E-state index < -0.39 is 5.67 Å². The number of amides is 1. The topological polar surface area (TPSA) is 35.6 Å². The Labute approximate surface area is 89.4 Å². The molecule has 5 heteroatoms. The molecule has 2 aliphatic heterocycles. The highest BCUT2D eigenvalue weighted by Crippen LogP contribution is 2.20. The van der Waals surface area contributed by atoms with E-state index in [1.54, 1.807) is 4.90 Å². The molecule has 0 unspecified atom stereocenters. The van der Waals surface area contributed by atoms with E-state index in [-0.39, 0.29) is 19.0 Å². The summed E-state index contributed by atoms with van der Waals surface area (Å²) in [6.45, 7) is 3.53. The second-order valence-electron chi connectivity index (χ2n) is 4.52. The maximum absolute atomic E-state index is 13.8. The van der Waals surface area contributed by atoms with E-state index in [2.05, 4.69) is 10.2 Å². The number of nitrogens with zero attached hydrogens (tertiary/aromatic N) is 2. The minimum Gasteiger partial charge on any atom is -0.339 e. The van der Waals surface area contributed by atoms with Gasteiger partial charge in [-0.05, 0) is 20.0 Å². The zero-order valence-corrected chi connectivity index (χ0v) is 9.13. The molecule has 0 aliphatic carbocycles. The lowest BCUT2D eigenvalue weighted by Gasteiger charge is -2.37. The van der Waals surface area contributed by atoms with Crippen LogP contribution in [0.4, 0.5) is 4.39 Å². The molecule has 2 fully saturated rings. The highest BCUT2D eigenvalue weighted by atomic mass is 19.1. The third-order valence-electron chi connectivity index (χ3n) is 3.20. The number of halogens is 1. The van der Waals surface area contributed by atoms with Crippen LogP contribution in [0.25, 0.3) is 0 Å². The van der Waals surface area contributed by atoms with Crippen LogP contribution in [0.1, 0.15) is 6.42 Å². The van der Waals surface area contributed by atoms with Crippen molar-refractivity contribution in [3.8, 4) is 0 Å².